The maximum Gasteiger partial charge on any atom is 0.243 e. The van der Waals surface area contributed by atoms with Gasteiger partial charge in [0.15, 0.2) is 0 Å². The molecule has 0 saturated carbocycles. The van der Waals surface area contributed by atoms with Gasteiger partial charge >= 0.3 is 0 Å². The molecular formula is C31H59N9O5. The van der Waals surface area contributed by atoms with Gasteiger partial charge in [-0.15, -0.1) is 0 Å². The Morgan fingerprint density at radius 1 is 0.889 bits per heavy atom. The predicted molar refractivity (Wildman–Crippen MR) is 175 cm³/mol. The number of ether oxygens (including phenoxy) is 1. The molecule has 1 aromatic heterocycles. The molecule has 1 aromatic rings. The number of aromatic amines is 1. The first-order valence-electron chi connectivity index (χ1n) is 16.2. The molecule has 4 atom stereocenters. The van der Waals surface area contributed by atoms with Gasteiger partial charge < -0.3 is 41.6 Å². The normalized spacial score (nSPS) is 14.1. The molecule has 0 saturated heterocycles. The van der Waals surface area contributed by atoms with E-state index in [9.17, 15) is 19.2 Å². The van der Waals surface area contributed by atoms with Gasteiger partial charge in [0.05, 0.1) is 26.1 Å². The van der Waals surface area contributed by atoms with Crippen molar-refractivity contribution in [1.29, 1.82) is 0 Å². The van der Waals surface area contributed by atoms with Crippen molar-refractivity contribution in [2.24, 2.45) is 17.8 Å². The zero-order chi connectivity index (χ0) is 33.6. The fourth-order valence-corrected chi connectivity index (χ4v) is 4.58. The molecule has 1 unspecified atom stereocenters. The van der Waals surface area contributed by atoms with E-state index in [1.54, 1.807) is 19.4 Å². The molecule has 1 rings (SSSR count). The number of amides is 4. The second-order valence-corrected chi connectivity index (χ2v) is 12.0. The molecule has 0 bridgehead atoms. The van der Waals surface area contributed by atoms with Gasteiger partial charge in [-0.25, -0.2) is 4.98 Å². The monoisotopic (exact) mass is 637 g/mol. The molecule has 4 amide bonds. The van der Waals surface area contributed by atoms with Gasteiger partial charge in [-0.2, -0.15) is 0 Å². The van der Waals surface area contributed by atoms with Crippen LogP contribution >= 0.6 is 0 Å². The highest BCUT2D eigenvalue weighted by Crippen LogP contribution is 2.13. The van der Waals surface area contributed by atoms with Crippen LogP contribution in [0.2, 0.25) is 0 Å². The van der Waals surface area contributed by atoms with Gasteiger partial charge in [0, 0.05) is 63.5 Å². The standard InChI is InChI=1S/C31H59N9O5/c1-8-23(4)28(39-29(42)24(5)18-25-19-34-21-37-25)31(44)38-26(17-22(2)3)30(43)36-12-16-45-15-11-35-27(41)20-40(13-9-32-6)14-10-33-7/h19,21-24,26,28,32-33H,8-18,20H2,1-7H3,(H,34,37)(H,35,41)(H,36,43)(H,38,44)(H,39,42)/t23?,24-,26-,28-/m0/s1. The van der Waals surface area contributed by atoms with Crippen molar-refractivity contribution in [3.8, 4) is 0 Å². The summed E-state index contributed by atoms with van der Waals surface area (Å²) in [4.78, 5) is 60.8. The molecular weight excluding hydrogens is 578 g/mol. The van der Waals surface area contributed by atoms with Crippen molar-refractivity contribution >= 4 is 23.6 Å². The second-order valence-electron chi connectivity index (χ2n) is 12.0. The van der Waals surface area contributed by atoms with Gasteiger partial charge in [0.1, 0.15) is 12.1 Å². The summed E-state index contributed by atoms with van der Waals surface area (Å²) in [7, 11) is 3.77. The molecule has 1 heterocycles. The van der Waals surface area contributed by atoms with E-state index in [0.717, 1.165) is 31.9 Å². The number of imidazole rings is 1. The smallest absolute Gasteiger partial charge is 0.243 e. The zero-order valence-electron chi connectivity index (χ0n) is 28.5. The molecule has 0 fully saturated rings. The third kappa shape index (κ3) is 17.3. The van der Waals surface area contributed by atoms with Crippen LogP contribution in [0.15, 0.2) is 12.5 Å². The topological polar surface area (TPSA) is 182 Å². The molecule has 14 nitrogen and oxygen atoms in total. The van der Waals surface area contributed by atoms with E-state index >= 15 is 0 Å². The highest BCUT2D eigenvalue weighted by molar-refractivity contribution is 5.92. The number of carbonyl (C=O) groups excluding carboxylic acids is 4. The number of H-pyrrole nitrogens is 1. The van der Waals surface area contributed by atoms with Crippen LogP contribution in [0.4, 0.5) is 0 Å². The number of nitrogens with zero attached hydrogens (tertiary/aromatic N) is 2. The number of nitrogens with one attached hydrogen (secondary N) is 7. The summed E-state index contributed by atoms with van der Waals surface area (Å²) < 4.78 is 5.59. The fourth-order valence-electron chi connectivity index (χ4n) is 4.58. The summed E-state index contributed by atoms with van der Waals surface area (Å²) in [5.41, 5.74) is 0.840. The van der Waals surface area contributed by atoms with E-state index in [1.807, 2.05) is 41.8 Å². The Morgan fingerprint density at radius 2 is 1.53 bits per heavy atom. The first kappa shape index (κ1) is 40.0. The first-order valence-corrected chi connectivity index (χ1v) is 16.2. The van der Waals surface area contributed by atoms with Gasteiger partial charge in [-0.1, -0.05) is 41.0 Å². The quantitative estimate of drug-likeness (QED) is 0.0705. The minimum Gasteiger partial charge on any atom is -0.378 e. The fraction of sp³-hybridized carbons (Fsp3) is 0.774. The van der Waals surface area contributed by atoms with Crippen molar-refractivity contribution in [2.45, 2.75) is 66.0 Å². The third-order valence-electron chi connectivity index (χ3n) is 7.50. The predicted octanol–water partition coefficient (Wildman–Crippen LogP) is -0.360. The van der Waals surface area contributed by atoms with Crippen LogP contribution in [-0.2, 0) is 30.3 Å². The first-order chi connectivity index (χ1) is 21.5. The van der Waals surface area contributed by atoms with Crippen LogP contribution in [0.25, 0.3) is 0 Å². The number of hydrogen-bond donors (Lipinski definition) is 7. The molecule has 0 aliphatic rings. The summed E-state index contributed by atoms with van der Waals surface area (Å²) in [5.74, 6) is -1.33. The Kier molecular flexibility index (Phi) is 20.7. The van der Waals surface area contributed by atoms with E-state index in [4.69, 9.17) is 4.74 Å². The molecule has 0 spiro atoms. The maximum atomic E-state index is 13.4. The molecule has 0 aliphatic carbocycles. The Balaban J connectivity index is 2.54. The van der Waals surface area contributed by atoms with Crippen LogP contribution in [0.1, 0.15) is 53.2 Å². The Morgan fingerprint density at radius 3 is 2.09 bits per heavy atom. The number of likely N-dealkylation sites (N-methyl/N-ethyl adjacent to an activating group) is 2. The highest BCUT2D eigenvalue weighted by atomic mass is 16.5. The van der Waals surface area contributed by atoms with E-state index in [-0.39, 0.29) is 54.5 Å². The largest absolute Gasteiger partial charge is 0.378 e. The van der Waals surface area contributed by atoms with E-state index in [2.05, 4.69) is 46.8 Å². The lowest BCUT2D eigenvalue weighted by molar-refractivity contribution is -0.134. The number of rotatable bonds is 25. The highest BCUT2D eigenvalue weighted by Gasteiger charge is 2.31. The molecule has 0 aliphatic heterocycles. The van der Waals surface area contributed by atoms with Crippen molar-refractivity contribution in [3.05, 3.63) is 18.2 Å². The summed E-state index contributed by atoms with van der Waals surface area (Å²) in [6, 6.07) is -1.53. The van der Waals surface area contributed by atoms with Gasteiger partial charge in [0.2, 0.25) is 23.6 Å². The van der Waals surface area contributed by atoms with Gasteiger partial charge in [0.25, 0.3) is 0 Å². The SMILES string of the molecule is CCC(C)[C@H](NC(=O)[C@@H](C)Cc1cnc[nH]1)C(=O)N[C@@H](CC(C)C)C(=O)NCCOCCNC(=O)CN(CCNC)CCNC. The minimum absolute atomic E-state index is 0.0643. The van der Waals surface area contributed by atoms with Crippen LogP contribution in [0, 0.1) is 17.8 Å². The second kappa shape index (κ2) is 23.3. The van der Waals surface area contributed by atoms with Crippen molar-refractivity contribution < 1.29 is 23.9 Å². The van der Waals surface area contributed by atoms with E-state index < -0.39 is 12.1 Å². The van der Waals surface area contributed by atoms with Crippen LogP contribution in [-0.4, -0.2) is 124 Å². The number of aromatic nitrogens is 2. The third-order valence-corrected chi connectivity index (χ3v) is 7.50. The lowest BCUT2D eigenvalue weighted by atomic mass is 9.95. The summed E-state index contributed by atoms with van der Waals surface area (Å²) in [5, 5.41) is 17.7. The summed E-state index contributed by atoms with van der Waals surface area (Å²) in [6.07, 6.45) is 4.84. The van der Waals surface area contributed by atoms with Crippen molar-refractivity contribution in [1.82, 2.24) is 46.8 Å². The van der Waals surface area contributed by atoms with Gasteiger partial charge in [-0.05, 0) is 32.4 Å². The number of carbonyl (C=O) groups is 4. The minimum atomic E-state index is -0.772. The molecule has 258 valence electrons. The molecule has 45 heavy (non-hydrogen) atoms. The maximum absolute atomic E-state index is 13.4. The number of hydrogen-bond acceptors (Lipinski definition) is 9. The van der Waals surface area contributed by atoms with Crippen molar-refractivity contribution in [2.75, 3.05) is 73.1 Å². The summed E-state index contributed by atoms with van der Waals surface area (Å²) >= 11 is 0. The van der Waals surface area contributed by atoms with Crippen LogP contribution < -0.4 is 31.9 Å². The molecule has 7 N–H and O–H groups in total. The van der Waals surface area contributed by atoms with Crippen molar-refractivity contribution in [3.63, 3.8) is 0 Å². The Bertz CT molecular complexity index is 969. The van der Waals surface area contributed by atoms with Crippen LogP contribution in [0.3, 0.4) is 0 Å². The van der Waals surface area contributed by atoms with E-state index in [1.165, 1.54) is 0 Å². The molecule has 0 aromatic carbocycles. The Labute approximate surface area is 269 Å². The Hall–Kier alpha value is -3.07. The molecule has 14 heteroatoms. The average Bonchev–Trinajstić information content (AvgIpc) is 3.52. The lowest BCUT2D eigenvalue weighted by Crippen LogP contribution is -2.56. The average molecular weight is 638 g/mol. The zero-order valence-corrected chi connectivity index (χ0v) is 28.5. The lowest BCUT2D eigenvalue weighted by Gasteiger charge is -2.28. The van der Waals surface area contributed by atoms with E-state index in [0.29, 0.717) is 39.0 Å². The van der Waals surface area contributed by atoms with Crippen LogP contribution in [0.5, 0.6) is 0 Å². The molecule has 0 radical (unpaired) electrons. The van der Waals surface area contributed by atoms with Gasteiger partial charge in [-0.3, -0.25) is 24.1 Å². The summed E-state index contributed by atoms with van der Waals surface area (Å²) in [6.45, 7) is 14.3.